The Kier molecular flexibility index (Phi) is 3.56. The fraction of sp³-hybridized carbons (Fsp3) is 0.375. The van der Waals surface area contributed by atoms with Crippen molar-refractivity contribution in [3.63, 3.8) is 0 Å². The molecule has 0 unspecified atom stereocenters. The standard InChI is InChI=1S/C16H21N3/c1-5-13-15(17)19-14(10-18-13)11-6-8-12(9-7-11)16(2,3)4/h6-10H,5H2,1-4H3,(H2,17,19). The van der Waals surface area contributed by atoms with Crippen LogP contribution in [0.4, 0.5) is 5.82 Å². The van der Waals surface area contributed by atoms with Gasteiger partial charge >= 0.3 is 0 Å². The predicted molar refractivity (Wildman–Crippen MR) is 80.0 cm³/mol. The van der Waals surface area contributed by atoms with Crippen LogP contribution in [0, 0.1) is 0 Å². The first kappa shape index (κ1) is 13.5. The second-order valence-corrected chi connectivity index (χ2v) is 5.77. The van der Waals surface area contributed by atoms with Crippen molar-refractivity contribution in [2.75, 3.05) is 5.73 Å². The summed E-state index contributed by atoms with van der Waals surface area (Å²) >= 11 is 0. The van der Waals surface area contributed by atoms with E-state index in [1.807, 2.05) is 6.92 Å². The van der Waals surface area contributed by atoms with E-state index in [0.717, 1.165) is 23.4 Å². The number of aromatic nitrogens is 2. The summed E-state index contributed by atoms with van der Waals surface area (Å²) in [6.45, 7) is 8.64. The van der Waals surface area contributed by atoms with Gasteiger partial charge in [0.15, 0.2) is 0 Å². The molecule has 0 radical (unpaired) electrons. The largest absolute Gasteiger partial charge is 0.382 e. The average molecular weight is 255 g/mol. The molecule has 0 saturated heterocycles. The molecule has 0 aliphatic carbocycles. The summed E-state index contributed by atoms with van der Waals surface area (Å²) in [4.78, 5) is 8.78. The van der Waals surface area contributed by atoms with Gasteiger partial charge in [0.25, 0.3) is 0 Å². The molecule has 1 aromatic heterocycles. The molecular weight excluding hydrogens is 234 g/mol. The first-order chi connectivity index (χ1) is 8.91. The normalized spacial score (nSPS) is 11.6. The van der Waals surface area contributed by atoms with Gasteiger partial charge in [-0.25, -0.2) is 4.98 Å². The van der Waals surface area contributed by atoms with E-state index in [4.69, 9.17) is 5.73 Å². The van der Waals surface area contributed by atoms with Gasteiger partial charge in [0.05, 0.1) is 17.6 Å². The van der Waals surface area contributed by atoms with Crippen molar-refractivity contribution in [2.24, 2.45) is 0 Å². The zero-order chi connectivity index (χ0) is 14.0. The highest BCUT2D eigenvalue weighted by molar-refractivity contribution is 5.60. The lowest BCUT2D eigenvalue weighted by molar-refractivity contribution is 0.590. The van der Waals surface area contributed by atoms with Crippen LogP contribution in [0.5, 0.6) is 0 Å². The van der Waals surface area contributed by atoms with Gasteiger partial charge in [-0.3, -0.25) is 4.98 Å². The first-order valence-electron chi connectivity index (χ1n) is 6.64. The second kappa shape index (κ2) is 5.00. The lowest BCUT2D eigenvalue weighted by Crippen LogP contribution is -2.10. The minimum atomic E-state index is 0.162. The van der Waals surface area contributed by atoms with Crippen LogP contribution in [0.3, 0.4) is 0 Å². The van der Waals surface area contributed by atoms with Gasteiger partial charge in [-0.05, 0) is 17.4 Å². The number of nitrogens with zero attached hydrogens (tertiary/aromatic N) is 2. The van der Waals surface area contributed by atoms with Gasteiger partial charge in [-0.1, -0.05) is 52.0 Å². The Morgan fingerprint density at radius 3 is 2.21 bits per heavy atom. The molecule has 0 aliphatic rings. The van der Waals surface area contributed by atoms with E-state index in [-0.39, 0.29) is 5.41 Å². The summed E-state index contributed by atoms with van der Waals surface area (Å²) in [5.74, 6) is 0.528. The van der Waals surface area contributed by atoms with Gasteiger partial charge in [0, 0.05) is 5.56 Å². The third kappa shape index (κ3) is 2.92. The van der Waals surface area contributed by atoms with Gasteiger partial charge in [-0.15, -0.1) is 0 Å². The van der Waals surface area contributed by atoms with Crippen LogP contribution in [0.25, 0.3) is 11.3 Å². The van der Waals surface area contributed by atoms with Crippen LogP contribution in [-0.2, 0) is 11.8 Å². The van der Waals surface area contributed by atoms with Crippen molar-refractivity contribution in [1.82, 2.24) is 9.97 Å². The van der Waals surface area contributed by atoms with Crippen molar-refractivity contribution < 1.29 is 0 Å². The Morgan fingerprint density at radius 2 is 1.74 bits per heavy atom. The van der Waals surface area contributed by atoms with Crippen molar-refractivity contribution in [2.45, 2.75) is 39.5 Å². The quantitative estimate of drug-likeness (QED) is 0.892. The first-order valence-corrected chi connectivity index (χ1v) is 6.64. The Morgan fingerprint density at radius 1 is 1.11 bits per heavy atom. The van der Waals surface area contributed by atoms with Crippen LogP contribution in [0.2, 0.25) is 0 Å². The van der Waals surface area contributed by atoms with Gasteiger partial charge in [0.1, 0.15) is 5.82 Å². The van der Waals surface area contributed by atoms with Crippen molar-refractivity contribution in [1.29, 1.82) is 0 Å². The van der Waals surface area contributed by atoms with Crippen molar-refractivity contribution in [3.05, 3.63) is 41.7 Å². The SMILES string of the molecule is CCc1ncc(-c2ccc(C(C)(C)C)cc2)nc1N. The van der Waals surface area contributed by atoms with Crippen molar-refractivity contribution in [3.8, 4) is 11.3 Å². The lowest BCUT2D eigenvalue weighted by Gasteiger charge is -2.19. The zero-order valence-corrected chi connectivity index (χ0v) is 12.1. The topological polar surface area (TPSA) is 51.8 Å². The molecule has 1 aromatic carbocycles. The number of rotatable bonds is 2. The Hall–Kier alpha value is -1.90. The number of nitrogen functional groups attached to an aromatic ring is 1. The van der Waals surface area contributed by atoms with Crippen LogP contribution in [0.15, 0.2) is 30.5 Å². The molecule has 0 spiro atoms. The minimum Gasteiger partial charge on any atom is -0.382 e. The van der Waals surface area contributed by atoms with Crippen molar-refractivity contribution >= 4 is 5.82 Å². The molecule has 3 heteroatoms. The summed E-state index contributed by atoms with van der Waals surface area (Å²) in [7, 11) is 0. The molecule has 0 bridgehead atoms. The Labute approximate surface area is 114 Å². The van der Waals surface area contributed by atoms with Gasteiger partial charge in [0.2, 0.25) is 0 Å². The van der Waals surface area contributed by atoms with E-state index in [1.165, 1.54) is 5.56 Å². The predicted octanol–water partition coefficient (Wildman–Crippen LogP) is 3.59. The van der Waals surface area contributed by atoms with Gasteiger partial charge in [-0.2, -0.15) is 0 Å². The van der Waals surface area contributed by atoms with Crippen LogP contribution < -0.4 is 5.73 Å². The number of nitrogens with two attached hydrogens (primary N) is 1. The molecule has 0 amide bonds. The van der Waals surface area contributed by atoms with E-state index >= 15 is 0 Å². The molecule has 0 aliphatic heterocycles. The van der Waals surface area contributed by atoms with E-state index in [0.29, 0.717) is 5.82 Å². The summed E-state index contributed by atoms with van der Waals surface area (Å²) < 4.78 is 0. The van der Waals surface area contributed by atoms with Crippen LogP contribution >= 0.6 is 0 Å². The number of hydrogen-bond donors (Lipinski definition) is 1. The monoisotopic (exact) mass is 255 g/mol. The molecule has 0 atom stereocenters. The minimum absolute atomic E-state index is 0.162. The third-order valence-corrected chi connectivity index (χ3v) is 3.26. The second-order valence-electron chi connectivity index (χ2n) is 5.77. The van der Waals surface area contributed by atoms with Crippen LogP contribution in [-0.4, -0.2) is 9.97 Å². The average Bonchev–Trinajstić information content (AvgIpc) is 2.38. The molecule has 1 heterocycles. The highest BCUT2D eigenvalue weighted by Gasteiger charge is 2.13. The van der Waals surface area contributed by atoms with E-state index < -0.39 is 0 Å². The highest BCUT2D eigenvalue weighted by atomic mass is 14.9. The molecular formula is C16H21N3. The zero-order valence-electron chi connectivity index (χ0n) is 12.1. The van der Waals surface area contributed by atoms with Crippen LogP contribution in [0.1, 0.15) is 39.0 Å². The Balaban J connectivity index is 2.35. The maximum Gasteiger partial charge on any atom is 0.145 e. The summed E-state index contributed by atoms with van der Waals surface area (Å²) in [5.41, 5.74) is 10.1. The molecule has 2 N–H and O–H groups in total. The molecule has 2 rings (SSSR count). The summed E-state index contributed by atoms with van der Waals surface area (Å²) in [6, 6.07) is 8.44. The van der Waals surface area contributed by atoms with E-state index in [1.54, 1.807) is 6.20 Å². The number of anilines is 1. The molecule has 0 saturated carbocycles. The van der Waals surface area contributed by atoms with E-state index in [9.17, 15) is 0 Å². The fourth-order valence-electron chi connectivity index (χ4n) is 1.98. The maximum absolute atomic E-state index is 5.89. The highest BCUT2D eigenvalue weighted by Crippen LogP contribution is 2.25. The lowest BCUT2D eigenvalue weighted by atomic mass is 9.86. The maximum atomic E-state index is 5.89. The number of benzene rings is 1. The summed E-state index contributed by atoms with van der Waals surface area (Å²) in [5, 5.41) is 0. The van der Waals surface area contributed by atoms with E-state index in [2.05, 4.69) is 55.0 Å². The molecule has 100 valence electrons. The Bertz CT molecular complexity index is 566. The number of aryl methyl sites for hydroxylation is 1. The molecule has 19 heavy (non-hydrogen) atoms. The fourth-order valence-corrected chi connectivity index (χ4v) is 1.98. The molecule has 2 aromatic rings. The summed E-state index contributed by atoms with van der Waals surface area (Å²) in [6.07, 6.45) is 2.60. The molecule has 0 fully saturated rings. The molecule has 3 nitrogen and oxygen atoms in total. The third-order valence-electron chi connectivity index (χ3n) is 3.26. The van der Waals surface area contributed by atoms with Gasteiger partial charge < -0.3 is 5.73 Å². The smallest absolute Gasteiger partial charge is 0.145 e. The number of hydrogen-bond acceptors (Lipinski definition) is 3.